The molecule has 3 fully saturated rings. The van der Waals surface area contributed by atoms with E-state index in [1.165, 1.54) is 0 Å². The number of nitrogens with zero attached hydrogens (tertiary/aromatic N) is 4. The number of rotatable bonds is 16. The van der Waals surface area contributed by atoms with Crippen molar-refractivity contribution < 1.29 is 56.1 Å². The lowest BCUT2D eigenvalue weighted by atomic mass is 9.79. The molecule has 13 nitrogen and oxygen atoms in total. The van der Waals surface area contributed by atoms with Gasteiger partial charge in [-0.1, -0.05) is 24.3 Å². The number of fused-ring (bicyclic) bond motifs is 6. The molecule has 82 heavy (non-hydrogen) atoms. The van der Waals surface area contributed by atoms with E-state index in [-0.39, 0.29) is 84.8 Å². The molecule has 0 radical (unpaired) electrons. The standard InChI is InChI=1S/C27H28F2IN3O3.C24H25BrF2INO3.C10H16BNO2/c1-15(2)33-25-20(19-7-8-23(34)26(19)33)12-17(13-21(25)22-9-10-31-32-22)24(35)11-16-3-5-18(6-4-16)36-14-27(28,29)30;1-13(2)29-22-18(17-7-8-20(30)23(17)29)10-15(11-19(22)25)21(31)9-14-3-5-16(6-4-14)32-12-24(26,27)28;1-9(2)10(3,4)14-11(13-9)8-5-6-12-7-8/h3-6,9-10,12-13,15,19,23,26,34H,7-8,11,14H2,1-2H3,(H,31,32);3-6,10-11,13,17,20,23,30H,7-9,12H2,1-2H3;5-6H,7H2,1-4H3. The zero-order chi connectivity index (χ0) is 59.2. The van der Waals surface area contributed by atoms with Crippen LogP contribution in [-0.2, 0) is 22.2 Å². The zero-order valence-corrected chi connectivity index (χ0v) is 53.0. The summed E-state index contributed by atoms with van der Waals surface area (Å²) in [6.07, 6.45) is 8.37. The quantitative estimate of drug-likeness (QED) is 0.0284. The summed E-state index contributed by atoms with van der Waals surface area (Å²) in [7, 11) is -0.220. The monoisotopic (exact) mass is 1420 g/mol. The first-order valence-electron chi connectivity index (χ1n) is 27.7. The molecule has 4 aromatic carbocycles. The molecule has 1 aromatic heterocycles. The fraction of sp³-hybridized carbons (Fsp3) is 0.475. The first-order chi connectivity index (χ1) is 38.6. The summed E-state index contributed by atoms with van der Waals surface area (Å²) >= 11 is 5.76. The Labute approximate surface area is 512 Å². The number of anilines is 2. The highest BCUT2D eigenvalue weighted by Gasteiger charge is 2.53. The number of Topliss-reactive ketones (excluding diaryl/α,β-unsaturated/α-hetero) is 2. The number of carbonyl (C=O) groups is 2. The number of aliphatic hydroxyl groups excluding tert-OH is 2. The van der Waals surface area contributed by atoms with Gasteiger partial charge < -0.3 is 38.8 Å². The second-order valence-corrected chi connectivity index (χ2v) is 27.4. The topological polar surface area (TPSA) is 159 Å². The van der Waals surface area contributed by atoms with Crippen LogP contribution in [0, 0.1) is 0 Å². The van der Waals surface area contributed by atoms with Crippen LogP contribution in [0.15, 0.2) is 106 Å². The fourth-order valence-corrected chi connectivity index (χ4v) is 13.0. The predicted octanol–water partition coefficient (Wildman–Crippen LogP) is 13.5. The van der Waals surface area contributed by atoms with Gasteiger partial charge in [0.1, 0.15) is 11.5 Å². The van der Waals surface area contributed by atoms with Crippen LogP contribution in [0.3, 0.4) is 0 Å². The number of halogens is 7. The number of allylic oxidation sites excluding steroid dienone is 1. The molecule has 21 heteroatoms. The second-order valence-electron chi connectivity index (χ2n) is 23.4. The van der Waals surface area contributed by atoms with Crippen molar-refractivity contribution in [2.75, 3.05) is 29.6 Å². The van der Waals surface area contributed by atoms with Crippen LogP contribution in [0.4, 0.5) is 28.9 Å². The van der Waals surface area contributed by atoms with E-state index >= 15 is 0 Å². The number of hydrogen-bond donors (Lipinski definition) is 3. The van der Waals surface area contributed by atoms with E-state index < -0.39 is 27.2 Å². The molecule has 3 N–H and O–H groups in total. The van der Waals surface area contributed by atoms with Gasteiger partial charge in [0.2, 0.25) is 0 Å². The highest BCUT2D eigenvalue weighted by molar-refractivity contribution is 14.1. The average molecular weight is 1420 g/mol. The van der Waals surface area contributed by atoms with Crippen molar-refractivity contribution in [1.82, 2.24) is 10.2 Å². The van der Waals surface area contributed by atoms with Gasteiger partial charge in [0.05, 0.1) is 59.1 Å². The Bertz CT molecular complexity index is 3160. The third kappa shape index (κ3) is 13.8. The number of carbonyl (C=O) groups excluding carboxylic acids is 2. The molecule has 438 valence electrons. The summed E-state index contributed by atoms with van der Waals surface area (Å²) < 4.78 is 68.9. The summed E-state index contributed by atoms with van der Waals surface area (Å²) in [5.41, 5.74) is 9.53. The molecule has 0 bridgehead atoms. The van der Waals surface area contributed by atoms with Crippen LogP contribution in [-0.4, -0.2) is 121 Å². The SMILES string of the molecule is CC(C)N1c2c(-c3ccn[nH]3)cc(C(=O)Cc3ccc(OCC(F)(F)I)cc3)cc2C2CCC(O)C21.CC(C)N1c2c(Br)cc(C(=O)Cc3ccc(OCC(F)(F)I)cc3)cc2C2CCC(O)C21.CC1(C)OB(C2=CC=NC2)OC1(C)C. The van der Waals surface area contributed by atoms with E-state index in [0.29, 0.717) is 29.2 Å². The normalized spacial score (nSPS) is 22.8. The van der Waals surface area contributed by atoms with Crippen LogP contribution in [0.25, 0.3) is 11.3 Å². The lowest BCUT2D eigenvalue weighted by Crippen LogP contribution is -2.43. The number of hydrogen-bond acceptors (Lipinski definition) is 12. The van der Waals surface area contributed by atoms with Gasteiger partial charge in [0.25, 0.3) is 0 Å². The average Bonchev–Trinajstić information content (AvgIpc) is 4.50. The first kappa shape index (κ1) is 62.1. The number of aromatic nitrogens is 2. The molecule has 1 saturated heterocycles. The third-order valence-electron chi connectivity index (χ3n) is 16.5. The smallest absolute Gasteiger partial charge is 0.486 e. The summed E-state index contributed by atoms with van der Waals surface area (Å²) in [4.78, 5) is 35.2. The maximum absolute atomic E-state index is 13.4. The molecular formula is C61H69BBrF4I2N5O8. The van der Waals surface area contributed by atoms with E-state index in [1.54, 1.807) is 60.9 Å². The maximum Gasteiger partial charge on any atom is 0.492 e. The van der Waals surface area contributed by atoms with Gasteiger partial charge in [0.15, 0.2) is 24.8 Å². The highest BCUT2D eigenvalue weighted by atomic mass is 127. The summed E-state index contributed by atoms with van der Waals surface area (Å²) in [5.74, 6) is 1.01. The molecular weight excluding hydrogens is 1350 g/mol. The Balaban J connectivity index is 0.000000161. The van der Waals surface area contributed by atoms with Crippen LogP contribution in [0.2, 0.25) is 0 Å². The minimum atomic E-state index is -2.94. The molecule has 5 aromatic rings. The summed E-state index contributed by atoms with van der Waals surface area (Å²) in [6.45, 7) is 16.0. The molecule has 6 unspecified atom stereocenters. The molecule has 0 amide bonds. The minimum absolute atomic E-state index is 0.00510. The van der Waals surface area contributed by atoms with E-state index in [4.69, 9.17) is 18.8 Å². The van der Waals surface area contributed by atoms with Crippen molar-refractivity contribution in [3.8, 4) is 22.8 Å². The Morgan fingerprint density at radius 2 is 1.20 bits per heavy atom. The largest absolute Gasteiger partial charge is 0.492 e. The molecule has 2 saturated carbocycles. The maximum atomic E-state index is 13.4. The zero-order valence-electron chi connectivity index (χ0n) is 47.1. The highest BCUT2D eigenvalue weighted by Crippen LogP contribution is 2.55. The van der Waals surface area contributed by atoms with Gasteiger partial charge in [-0.3, -0.25) is 19.7 Å². The number of alkyl halides is 6. The number of aliphatic imine (C=N–C) groups is 1. The molecule has 6 atom stereocenters. The minimum Gasteiger partial charge on any atom is -0.486 e. The number of H-pyrrole nitrogens is 1. The number of aromatic amines is 1. The van der Waals surface area contributed by atoms with Crippen molar-refractivity contribution in [2.24, 2.45) is 4.99 Å². The van der Waals surface area contributed by atoms with Gasteiger partial charge in [-0.15, -0.1) is 0 Å². The number of nitrogens with one attached hydrogen (secondary N) is 1. The molecule has 11 rings (SSSR count). The van der Waals surface area contributed by atoms with Crippen LogP contribution >= 0.6 is 61.1 Å². The Morgan fingerprint density at radius 3 is 1.62 bits per heavy atom. The Hall–Kier alpha value is -4.40. The molecule has 4 aliphatic heterocycles. The number of ketones is 2. The number of aliphatic hydroxyl groups is 2. The third-order valence-corrected chi connectivity index (χ3v) is 17.7. The van der Waals surface area contributed by atoms with E-state index in [1.807, 2.05) is 36.4 Å². The molecule has 2 aliphatic carbocycles. The Kier molecular flexibility index (Phi) is 18.9. The summed E-state index contributed by atoms with van der Waals surface area (Å²) in [6, 6.07) is 23.5. The molecule has 6 aliphatic rings. The van der Waals surface area contributed by atoms with Crippen molar-refractivity contribution >= 4 is 97.4 Å². The first-order valence-corrected chi connectivity index (χ1v) is 30.7. The van der Waals surface area contributed by atoms with Crippen molar-refractivity contribution in [2.45, 2.75) is 161 Å². The van der Waals surface area contributed by atoms with E-state index in [0.717, 1.165) is 126 Å². The van der Waals surface area contributed by atoms with Crippen molar-refractivity contribution in [3.63, 3.8) is 0 Å². The van der Waals surface area contributed by atoms with Crippen LogP contribution in [0.1, 0.15) is 136 Å². The van der Waals surface area contributed by atoms with Gasteiger partial charge in [0, 0.05) is 116 Å². The lowest BCUT2D eigenvalue weighted by molar-refractivity contribution is 0.00578. The second kappa shape index (κ2) is 24.9. The van der Waals surface area contributed by atoms with Crippen molar-refractivity contribution in [3.05, 3.63) is 134 Å². The Morgan fingerprint density at radius 1 is 0.732 bits per heavy atom. The van der Waals surface area contributed by atoms with Crippen LogP contribution in [0.5, 0.6) is 11.5 Å². The van der Waals surface area contributed by atoms with Gasteiger partial charge >= 0.3 is 15.0 Å². The fourth-order valence-electron chi connectivity index (χ4n) is 12.0. The summed E-state index contributed by atoms with van der Waals surface area (Å²) in [5, 5.41) is 28.6. The number of ether oxygens (including phenoxy) is 2. The molecule has 0 spiro atoms. The van der Waals surface area contributed by atoms with Crippen LogP contribution < -0.4 is 19.3 Å². The molecule has 5 heterocycles. The van der Waals surface area contributed by atoms with Gasteiger partial charge in [-0.25, -0.2) is 0 Å². The van der Waals surface area contributed by atoms with E-state index in [2.05, 4.69) is 96.3 Å². The van der Waals surface area contributed by atoms with Crippen molar-refractivity contribution in [1.29, 1.82) is 0 Å². The van der Waals surface area contributed by atoms with Gasteiger partial charge in [-0.05, 0) is 185 Å². The predicted molar refractivity (Wildman–Crippen MR) is 332 cm³/mol. The number of benzene rings is 4. The van der Waals surface area contributed by atoms with E-state index in [9.17, 15) is 37.4 Å². The van der Waals surface area contributed by atoms with Gasteiger partial charge in [-0.2, -0.15) is 22.7 Å². The lowest BCUT2D eigenvalue weighted by Gasteiger charge is -2.34.